The molecule has 0 saturated carbocycles. The molecule has 0 aliphatic carbocycles. The molecule has 0 aliphatic rings. The lowest BCUT2D eigenvalue weighted by molar-refractivity contribution is -0.0587. The Labute approximate surface area is 88.0 Å². The lowest BCUT2D eigenvalue weighted by Gasteiger charge is -2.11. The zero-order valence-electron chi connectivity index (χ0n) is 7.48. The first kappa shape index (κ1) is 11.7. The highest BCUT2D eigenvalue weighted by Crippen LogP contribution is 2.24. The van der Waals surface area contributed by atoms with Crippen molar-refractivity contribution in [2.75, 3.05) is 12.4 Å². The van der Waals surface area contributed by atoms with Crippen LogP contribution < -0.4 is 5.32 Å². The van der Waals surface area contributed by atoms with Crippen molar-refractivity contribution in [3.63, 3.8) is 0 Å². The molecule has 1 rings (SSSR count). The van der Waals surface area contributed by atoms with Gasteiger partial charge in [0.05, 0.1) is 5.56 Å². The Morgan fingerprint density at radius 1 is 1.53 bits per heavy atom. The fourth-order valence-corrected chi connectivity index (χ4v) is 1.02. The molecule has 8 heteroatoms. The van der Waals surface area contributed by atoms with Crippen LogP contribution in [0.25, 0.3) is 0 Å². The molecular weight excluding hydrogens is 233 g/mol. The van der Waals surface area contributed by atoms with Gasteiger partial charge in [0, 0.05) is 13.2 Å². The molecule has 0 aromatic carbocycles. The molecule has 0 radical (unpaired) electrons. The molecule has 0 atom stereocenters. The summed E-state index contributed by atoms with van der Waals surface area (Å²) in [6.07, 6.45) is -3.88. The van der Waals surface area contributed by atoms with Gasteiger partial charge < -0.3 is 5.32 Å². The predicted octanol–water partition coefficient (Wildman–Crippen LogP) is 2.10. The largest absolute Gasteiger partial charge is 0.433 e. The smallest absolute Gasteiger partial charge is 0.372 e. The van der Waals surface area contributed by atoms with Crippen LogP contribution in [0.4, 0.5) is 19.0 Å². The Balaban J connectivity index is 3.20. The van der Waals surface area contributed by atoms with E-state index in [-0.39, 0.29) is 11.1 Å². The predicted molar refractivity (Wildman–Crippen MR) is 49.5 cm³/mol. The van der Waals surface area contributed by atoms with Crippen molar-refractivity contribution >= 4 is 23.1 Å². The van der Waals surface area contributed by atoms with E-state index < -0.39 is 17.5 Å². The number of aromatic nitrogens is 2. The van der Waals surface area contributed by atoms with Crippen molar-refractivity contribution in [2.24, 2.45) is 0 Å². The lowest BCUT2D eigenvalue weighted by atomic mass is 10.2. The Morgan fingerprint density at radius 3 is 2.60 bits per heavy atom. The summed E-state index contributed by atoms with van der Waals surface area (Å²) in [4.78, 5) is 6.92. The van der Waals surface area contributed by atoms with Crippen LogP contribution in [0.2, 0.25) is 5.28 Å². The SMILES string of the molecule is CNc1nc(Cl)ncc1C(=N)C(F)(F)F. The third-order valence-electron chi connectivity index (χ3n) is 1.55. The second-order valence-electron chi connectivity index (χ2n) is 2.52. The van der Waals surface area contributed by atoms with Crippen molar-refractivity contribution in [2.45, 2.75) is 6.18 Å². The highest BCUT2D eigenvalue weighted by Gasteiger charge is 2.37. The number of halogens is 4. The molecule has 1 heterocycles. The van der Waals surface area contributed by atoms with Crippen molar-refractivity contribution in [3.8, 4) is 0 Å². The minimum Gasteiger partial charge on any atom is -0.372 e. The topological polar surface area (TPSA) is 61.7 Å². The van der Waals surface area contributed by atoms with E-state index in [4.69, 9.17) is 17.0 Å². The van der Waals surface area contributed by atoms with Gasteiger partial charge in [0.1, 0.15) is 11.5 Å². The molecule has 15 heavy (non-hydrogen) atoms. The van der Waals surface area contributed by atoms with Gasteiger partial charge in [-0.05, 0) is 11.6 Å². The van der Waals surface area contributed by atoms with Gasteiger partial charge in [-0.25, -0.2) is 9.97 Å². The lowest BCUT2D eigenvalue weighted by Crippen LogP contribution is -2.24. The molecule has 0 aliphatic heterocycles. The molecule has 1 aromatic rings. The highest BCUT2D eigenvalue weighted by atomic mass is 35.5. The molecule has 0 fully saturated rings. The molecule has 0 bridgehead atoms. The zero-order chi connectivity index (χ0) is 11.6. The summed E-state index contributed by atoms with van der Waals surface area (Å²) in [6.45, 7) is 0. The van der Waals surface area contributed by atoms with Crippen LogP contribution in [0.1, 0.15) is 5.56 Å². The van der Waals surface area contributed by atoms with Crippen LogP contribution in [-0.4, -0.2) is 28.9 Å². The minimum absolute atomic E-state index is 0.127. The number of rotatable bonds is 2. The zero-order valence-corrected chi connectivity index (χ0v) is 8.24. The van der Waals surface area contributed by atoms with E-state index in [1.807, 2.05) is 0 Å². The van der Waals surface area contributed by atoms with Crippen molar-refractivity contribution in [1.29, 1.82) is 5.41 Å². The number of nitrogens with one attached hydrogen (secondary N) is 2. The Kier molecular flexibility index (Phi) is 3.13. The standard InChI is InChI=1S/C7H6ClF3N4/c1-13-5-3(2-14-6(8)15-5)4(12)7(9,10)11/h2,12H,1H3,(H,13,14,15). The normalized spacial score (nSPS) is 11.3. The monoisotopic (exact) mass is 238 g/mol. The van der Waals surface area contributed by atoms with E-state index in [1.165, 1.54) is 7.05 Å². The maximum atomic E-state index is 12.2. The van der Waals surface area contributed by atoms with Crippen molar-refractivity contribution in [1.82, 2.24) is 9.97 Å². The Hall–Kier alpha value is -1.37. The Morgan fingerprint density at radius 2 is 2.13 bits per heavy atom. The van der Waals surface area contributed by atoms with Crippen molar-refractivity contribution in [3.05, 3.63) is 17.0 Å². The molecule has 1 aromatic heterocycles. The van der Waals surface area contributed by atoms with Gasteiger partial charge in [-0.1, -0.05) is 0 Å². The number of anilines is 1. The van der Waals surface area contributed by atoms with E-state index in [0.29, 0.717) is 0 Å². The molecule has 0 saturated heterocycles. The molecule has 0 unspecified atom stereocenters. The average Bonchev–Trinajstić information content (AvgIpc) is 2.15. The molecule has 0 spiro atoms. The third-order valence-corrected chi connectivity index (χ3v) is 1.73. The van der Waals surface area contributed by atoms with E-state index in [9.17, 15) is 13.2 Å². The summed E-state index contributed by atoms with van der Waals surface area (Å²) in [5.41, 5.74) is -1.95. The first-order valence-corrected chi connectivity index (χ1v) is 4.10. The van der Waals surface area contributed by atoms with Gasteiger partial charge in [-0.3, -0.25) is 5.41 Å². The van der Waals surface area contributed by atoms with Gasteiger partial charge in [0.25, 0.3) is 0 Å². The molecular formula is C7H6ClF3N4. The molecule has 2 N–H and O–H groups in total. The van der Waals surface area contributed by atoms with E-state index in [2.05, 4.69) is 15.3 Å². The number of nitrogens with zero attached hydrogens (tertiary/aromatic N) is 2. The fraction of sp³-hybridized carbons (Fsp3) is 0.286. The number of hydrogen-bond donors (Lipinski definition) is 2. The summed E-state index contributed by atoms with van der Waals surface area (Å²) < 4.78 is 36.6. The van der Waals surface area contributed by atoms with Crippen molar-refractivity contribution < 1.29 is 13.2 Å². The van der Waals surface area contributed by atoms with Crippen LogP contribution in [0, 0.1) is 5.41 Å². The average molecular weight is 239 g/mol. The molecule has 82 valence electrons. The van der Waals surface area contributed by atoms with Crippen LogP contribution in [0.5, 0.6) is 0 Å². The maximum Gasteiger partial charge on any atom is 0.433 e. The quantitative estimate of drug-likeness (QED) is 0.613. The summed E-state index contributed by atoms with van der Waals surface area (Å²) in [5.74, 6) is -0.127. The minimum atomic E-state index is -4.73. The van der Waals surface area contributed by atoms with Gasteiger partial charge in [0.2, 0.25) is 5.28 Å². The summed E-state index contributed by atoms with van der Waals surface area (Å²) in [5, 5.41) is 9.14. The second-order valence-corrected chi connectivity index (χ2v) is 2.86. The van der Waals surface area contributed by atoms with Gasteiger partial charge >= 0.3 is 6.18 Å². The second kappa shape index (κ2) is 4.01. The molecule has 0 amide bonds. The summed E-state index contributed by atoms with van der Waals surface area (Å²) in [7, 11) is 1.38. The Bertz CT molecular complexity index is 390. The summed E-state index contributed by atoms with van der Waals surface area (Å²) in [6, 6.07) is 0. The highest BCUT2D eigenvalue weighted by molar-refractivity contribution is 6.28. The molecule has 4 nitrogen and oxygen atoms in total. The number of alkyl halides is 3. The van der Waals surface area contributed by atoms with Gasteiger partial charge in [0.15, 0.2) is 0 Å². The van der Waals surface area contributed by atoms with Crippen LogP contribution >= 0.6 is 11.6 Å². The maximum absolute atomic E-state index is 12.2. The van der Waals surface area contributed by atoms with E-state index in [0.717, 1.165) is 6.20 Å². The van der Waals surface area contributed by atoms with Crippen LogP contribution in [0.3, 0.4) is 0 Å². The van der Waals surface area contributed by atoms with Crippen LogP contribution in [0.15, 0.2) is 6.20 Å². The van der Waals surface area contributed by atoms with Crippen LogP contribution in [-0.2, 0) is 0 Å². The third kappa shape index (κ3) is 2.56. The fourth-order valence-electron chi connectivity index (χ4n) is 0.887. The van der Waals surface area contributed by atoms with Gasteiger partial charge in [-0.15, -0.1) is 0 Å². The summed E-state index contributed by atoms with van der Waals surface area (Å²) >= 11 is 5.40. The van der Waals surface area contributed by atoms with Gasteiger partial charge in [-0.2, -0.15) is 13.2 Å². The number of hydrogen-bond acceptors (Lipinski definition) is 4. The first-order valence-electron chi connectivity index (χ1n) is 3.72. The van der Waals surface area contributed by atoms with E-state index >= 15 is 0 Å². The first-order chi connectivity index (χ1) is 6.86. The van der Waals surface area contributed by atoms with E-state index in [1.54, 1.807) is 0 Å².